The van der Waals surface area contributed by atoms with Crippen molar-refractivity contribution in [2.24, 2.45) is 0 Å². The Morgan fingerprint density at radius 2 is 1.89 bits per heavy atom. The Bertz CT molecular complexity index is 1030. The molecule has 0 saturated carbocycles. The Kier molecular flexibility index (Phi) is 4.99. The van der Waals surface area contributed by atoms with Gasteiger partial charge in [-0.2, -0.15) is 10.2 Å². The molecule has 0 bridgehead atoms. The smallest absolute Gasteiger partial charge is 0.222 e. The number of benzene rings is 2. The van der Waals surface area contributed by atoms with Crippen molar-refractivity contribution in [2.45, 2.75) is 13.5 Å². The summed E-state index contributed by atoms with van der Waals surface area (Å²) < 4.78 is 0. The number of aromatic nitrogens is 2. The van der Waals surface area contributed by atoms with Gasteiger partial charge in [0.2, 0.25) is 5.95 Å². The van der Waals surface area contributed by atoms with Gasteiger partial charge in [0.15, 0.2) is 0 Å². The first-order valence-corrected chi connectivity index (χ1v) is 8.30. The third-order valence-electron chi connectivity index (χ3n) is 4.26. The summed E-state index contributed by atoms with van der Waals surface area (Å²) >= 11 is 0. The average Bonchev–Trinajstić information content (AvgIpc) is 2.67. The summed E-state index contributed by atoms with van der Waals surface area (Å²) in [5.74, 6) is 0.559. The fourth-order valence-corrected chi connectivity index (χ4v) is 2.80. The van der Waals surface area contributed by atoms with Crippen LogP contribution in [0.4, 0.5) is 17.5 Å². The van der Waals surface area contributed by atoms with Gasteiger partial charge < -0.3 is 22.2 Å². The molecule has 7 nitrogen and oxygen atoms in total. The first-order chi connectivity index (χ1) is 13.0. The third kappa shape index (κ3) is 3.70. The third-order valence-corrected chi connectivity index (χ3v) is 4.26. The zero-order valence-electron chi connectivity index (χ0n) is 14.8. The van der Waals surface area contributed by atoms with E-state index in [1.54, 1.807) is 12.1 Å². The van der Waals surface area contributed by atoms with E-state index in [2.05, 4.69) is 21.4 Å². The number of nitrogen functional groups attached to an aromatic ring is 2. The SMILES string of the molecule is Cc1c(C#N)cccc1-c1nc(N)nc(NCc2ccc(N)cc2)c1C=N. The van der Waals surface area contributed by atoms with E-state index in [0.29, 0.717) is 34.9 Å². The molecule has 0 aliphatic heterocycles. The number of nitrogens with two attached hydrogens (primary N) is 2. The maximum Gasteiger partial charge on any atom is 0.222 e. The Hall–Kier alpha value is -3.92. The van der Waals surface area contributed by atoms with Crippen LogP contribution in [-0.4, -0.2) is 16.2 Å². The molecule has 27 heavy (non-hydrogen) atoms. The monoisotopic (exact) mass is 357 g/mol. The van der Waals surface area contributed by atoms with E-state index < -0.39 is 0 Å². The molecule has 0 aliphatic rings. The standard InChI is InChI=1S/C20H19N7/c1-12-14(9-21)3-2-4-16(12)18-17(10-22)19(27-20(24)26-18)25-11-13-5-7-15(23)8-6-13/h2-8,10,22H,11,23H2,1H3,(H3,24,25,26,27). The molecule has 0 amide bonds. The lowest BCUT2D eigenvalue weighted by molar-refractivity contribution is 1.09. The van der Waals surface area contributed by atoms with E-state index in [9.17, 15) is 5.26 Å². The van der Waals surface area contributed by atoms with Crippen LogP contribution >= 0.6 is 0 Å². The molecule has 0 saturated heterocycles. The maximum absolute atomic E-state index is 9.28. The minimum absolute atomic E-state index is 0.0946. The molecule has 0 spiro atoms. The van der Waals surface area contributed by atoms with E-state index in [1.807, 2.05) is 37.3 Å². The molecule has 1 aromatic heterocycles. The van der Waals surface area contributed by atoms with Crippen molar-refractivity contribution in [1.29, 1.82) is 10.7 Å². The first-order valence-electron chi connectivity index (χ1n) is 8.30. The number of anilines is 3. The summed E-state index contributed by atoms with van der Waals surface area (Å²) in [6.45, 7) is 2.34. The van der Waals surface area contributed by atoms with E-state index in [1.165, 1.54) is 6.21 Å². The predicted molar refractivity (Wildman–Crippen MR) is 107 cm³/mol. The van der Waals surface area contributed by atoms with Gasteiger partial charge in [-0.05, 0) is 36.2 Å². The molecule has 6 N–H and O–H groups in total. The Labute approximate surface area is 157 Å². The van der Waals surface area contributed by atoms with E-state index in [0.717, 1.165) is 16.7 Å². The van der Waals surface area contributed by atoms with Crippen LogP contribution in [0.3, 0.4) is 0 Å². The van der Waals surface area contributed by atoms with Crippen molar-refractivity contribution in [3.63, 3.8) is 0 Å². The fraction of sp³-hybridized carbons (Fsp3) is 0.100. The van der Waals surface area contributed by atoms with Crippen LogP contribution in [0, 0.1) is 23.7 Å². The van der Waals surface area contributed by atoms with E-state index in [-0.39, 0.29) is 5.95 Å². The molecule has 7 heteroatoms. The second kappa shape index (κ2) is 7.54. The van der Waals surface area contributed by atoms with Crippen LogP contribution in [0.5, 0.6) is 0 Å². The van der Waals surface area contributed by atoms with Crippen LogP contribution in [-0.2, 0) is 6.54 Å². The van der Waals surface area contributed by atoms with Gasteiger partial charge in [0, 0.05) is 24.0 Å². The zero-order valence-corrected chi connectivity index (χ0v) is 14.8. The molecule has 0 unspecified atom stereocenters. The maximum atomic E-state index is 9.28. The van der Waals surface area contributed by atoms with Crippen LogP contribution in [0.1, 0.15) is 22.3 Å². The van der Waals surface area contributed by atoms with Gasteiger partial charge in [-0.3, -0.25) is 0 Å². The highest BCUT2D eigenvalue weighted by Gasteiger charge is 2.16. The highest BCUT2D eigenvalue weighted by molar-refractivity contribution is 5.94. The highest BCUT2D eigenvalue weighted by Crippen LogP contribution is 2.30. The topological polar surface area (TPSA) is 137 Å². The van der Waals surface area contributed by atoms with Crippen molar-refractivity contribution < 1.29 is 0 Å². The lowest BCUT2D eigenvalue weighted by Crippen LogP contribution is -2.10. The highest BCUT2D eigenvalue weighted by atomic mass is 15.1. The van der Waals surface area contributed by atoms with Gasteiger partial charge in [-0.25, -0.2) is 4.98 Å². The lowest BCUT2D eigenvalue weighted by Gasteiger charge is -2.15. The Morgan fingerprint density at radius 3 is 2.56 bits per heavy atom. The molecule has 3 aromatic rings. The largest absolute Gasteiger partial charge is 0.399 e. The second-order valence-electron chi connectivity index (χ2n) is 6.02. The Morgan fingerprint density at radius 1 is 1.15 bits per heavy atom. The number of hydrogen-bond donors (Lipinski definition) is 4. The van der Waals surface area contributed by atoms with Crippen molar-refractivity contribution >= 4 is 23.7 Å². The van der Waals surface area contributed by atoms with Crippen LogP contribution in [0.25, 0.3) is 11.3 Å². The van der Waals surface area contributed by atoms with Crippen molar-refractivity contribution in [3.05, 3.63) is 64.7 Å². The van der Waals surface area contributed by atoms with Gasteiger partial charge in [-0.15, -0.1) is 0 Å². The average molecular weight is 357 g/mol. The molecular formula is C20H19N7. The van der Waals surface area contributed by atoms with Gasteiger partial charge in [-0.1, -0.05) is 24.3 Å². The molecule has 2 aromatic carbocycles. The molecule has 1 heterocycles. The molecule has 0 aliphatic carbocycles. The number of rotatable bonds is 5. The van der Waals surface area contributed by atoms with Gasteiger partial charge in [0.05, 0.1) is 22.9 Å². The number of hydrogen-bond acceptors (Lipinski definition) is 7. The minimum atomic E-state index is 0.0946. The van der Waals surface area contributed by atoms with Crippen molar-refractivity contribution in [3.8, 4) is 17.3 Å². The fourth-order valence-electron chi connectivity index (χ4n) is 2.80. The lowest BCUT2D eigenvalue weighted by atomic mass is 9.98. The zero-order chi connectivity index (χ0) is 19.4. The quantitative estimate of drug-likeness (QED) is 0.409. The van der Waals surface area contributed by atoms with Gasteiger partial charge in [0.25, 0.3) is 0 Å². The summed E-state index contributed by atoms with van der Waals surface area (Å²) in [6, 6.07) is 15.0. The predicted octanol–water partition coefficient (Wildman–Crippen LogP) is 3.10. The minimum Gasteiger partial charge on any atom is -0.399 e. The van der Waals surface area contributed by atoms with Crippen molar-refractivity contribution in [1.82, 2.24) is 9.97 Å². The number of nitriles is 1. The molecule has 134 valence electrons. The van der Waals surface area contributed by atoms with Crippen LogP contribution in [0.2, 0.25) is 0 Å². The van der Waals surface area contributed by atoms with Gasteiger partial charge in [0.1, 0.15) is 5.82 Å². The normalized spacial score (nSPS) is 10.2. The Balaban J connectivity index is 2.03. The van der Waals surface area contributed by atoms with E-state index in [4.69, 9.17) is 16.9 Å². The molecule has 0 fully saturated rings. The first kappa shape index (κ1) is 17.9. The number of nitrogens with one attached hydrogen (secondary N) is 2. The van der Waals surface area contributed by atoms with Crippen molar-refractivity contribution in [2.75, 3.05) is 16.8 Å². The molecular weight excluding hydrogens is 338 g/mol. The summed E-state index contributed by atoms with van der Waals surface area (Å²) in [6.07, 6.45) is 1.19. The van der Waals surface area contributed by atoms with E-state index >= 15 is 0 Å². The summed E-state index contributed by atoms with van der Waals surface area (Å²) in [4.78, 5) is 8.58. The summed E-state index contributed by atoms with van der Waals surface area (Å²) in [7, 11) is 0. The molecule has 3 rings (SSSR count). The van der Waals surface area contributed by atoms with Gasteiger partial charge >= 0.3 is 0 Å². The second-order valence-corrected chi connectivity index (χ2v) is 6.02. The molecule has 0 radical (unpaired) electrons. The number of nitrogens with zero attached hydrogens (tertiary/aromatic N) is 3. The van der Waals surface area contributed by atoms with Crippen LogP contribution in [0.15, 0.2) is 42.5 Å². The summed E-state index contributed by atoms with van der Waals surface area (Å²) in [5.41, 5.74) is 16.4. The van der Waals surface area contributed by atoms with Crippen LogP contribution < -0.4 is 16.8 Å². The summed E-state index contributed by atoms with van der Waals surface area (Å²) in [5, 5.41) is 20.4. The molecule has 0 atom stereocenters.